The molecule has 0 unspecified atom stereocenters. The van der Waals surface area contributed by atoms with Gasteiger partial charge in [-0.1, -0.05) is 23.2 Å². The van der Waals surface area contributed by atoms with E-state index < -0.39 is 0 Å². The Kier molecular flexibility index (Phi) is 3.12. The van der Waals surface area contributed by atoms with Gasteiger partial charge in [0.1, 0.15) is 5.15 Å². The van der Waals surface area contributed by atoms with Crippen molar-refractivity contribution in [3.05, 3.63) is 28.0 Å². The highest BCUT2D eigenvalue weighted by Crippen LogP contribution is 2.18. The molecule has 0 aromatic carbocycles. The zero-order valence-electron chi connectivity index (χ0n) is 5.97. The van der Waals surface area contributed by atoms with Gasteiger partial charge in [-0.15, -0.1) is 0 Å². The molecule has 60 valence electrons. The van der Waals surface area contributed by atoms with Crippen molar-refractivity contribution in [3.8, 4) is 0 Å². The molecule has 0 spiro atoms. The average molecular weight is 192 g/mol. The van der Waals surface area contributed by atoms with Crippen LogP contribution in [-0.2, 0) is 11.3 Å². The van der Waals surface area contributed by atoms with Crippen molar-refractivity contribution in [2.24, 2.45) is 0 Å². The number of ether oxygens (including phenoxy) is 1. The Morgan fingerprint density at radius 1 is 1.55 bits per heavy atom. The molecule has 2 nitrogen and oxygen atoms in total. The summed E-state index contributed by atoms with van der Waals surface area (Å²) in [6.45, 7) is 0.459. The lowest BCUT2D eigenvalue weighted by Crippen LogP contribution is -1.89. The first-order valence-corrected chi connectivity index (χ1v) is 3.78. The van der Waals surface area contributed by atoms with Crippen molar-refractivity contribution in [1.82, 2.24) is 4.98 Å². The lowest BCUT2D eigenvalue weighted by Gasteiger charge is -2.01. The van der Waals surface area contributed by atoms with Crippen LogP contribution in [0.25, 0.3) is 0 Å². The summed E-state index contributed by atoms with van der Waals surface area (Å²) in [5, 5.41) is 1.01. The van der Waals surface area contributed by atoms with Crippen LogP contribution in [0.4, 0.5) is 0 Å². The summed E-state index contributed by atoms with van der Waals surface area (Å²) in [4.78, 5) is 3.80. The Morgan fingerprint density at radius 3 is 2.91 bits per heavy atom. The molecule has 11 heavy (non-hydrogen) atoms. The van der Waals surface area contributed by atoms with E-state index in [-0.39, 0.29) is 0 Å². The van der Waals surface area contributed by atoms with Crippen molar-refractivity contribution in [2.45, 2.75) is 6.61 Å². The number of halogens is 2. The van der Waals surface area contributed by atoms with E-state index in [2.05, 4.69) is 4.98 Å². The van der Waals surface area contributed by atoms with Crippen LogP contribution in [0.5, 0.6) is 0 Å². The molecule has 1 rings (SSSR count). The Bertz CT molecular complexity index is 252. The number of pyridine rings is 1. The summed E-state index contributed by atoms with van der Waals surface area (Å²) < 4.78 is 4.89. The highest BCUT2D eigenvalue weighted by atomic mass is 35.5. The normalized spacial score (nSPS) is 10.1. The molecule has 0 aliphatic rings. The van der Waals surface area contributed by atoms with Crippen molar-refractivity contribution in [3.63, 3.8) is 0 Å². The minimum absolute atomic E-state index is 0.432. The van der Waals surface area contributed by atoms with Crippen LogP contribution in [-0.4, -0.2) is 12.1 Å². The van der Waals surface area contributed by atoms with Crippen molar-refractivity contribution in [1.29, 1.82) is 0 Å². The van der Waals surface area contributed by atoms with Gasteiger partial charge in [0.25, 0.3) is 0 Å². The Morgan fingerprint density at radius 2 is 2.27 bits per heavy atom. The molecule has 0 amide bonds. The molecule has 0 atom stereocenters. The van der Waals surface area contributed by atoms with Crippen LogP contribution in [0.3, 0.4) is 0 Å². The summed E-state index contributed by atoms with van der Waals surface area (Å²) in [5.74, 6) is 0. The van der Waals surface area contributed by atoms with Crippen LogP contribution < -0.4 is 0 Å². The van der Waals surface area contributed by atoms with Gasteiger partial charge in [-0.05, 0) is 6.07 Å². The molecule has 4 heteroatoms. The second kappa shape index (κ2) is 3.90. The van der Waals surface area contributed by atoms with Crippen LogP contribution in [0.1, 0.15) is 5.56 Å². The molecule has 0 N–H and O–H groups in total. The number of nitrogens with zero attached hydrogens (tertiary/aromatic N) is 1. The van der Waals surface area contributed by atoms with E-state index in [9.17, 15) is 0 Å². The van der Waals surface area contributed by atoms with E-state index in [1.165, 1.54) is 6.20 Å². The topological polar surface area (TPSA) is 22.1 Å². The van der Waals surface area contributed by atoms with E-state index in [0.717, 1.165) is 5.56 Å². The first-order chi connectivity index (χ1) is 5.24. The van der Waals surface area contributed by atoms with Gasteiger partial charge in [-0.25, -0.2) is 4.98 Å². The molecule has 0 fully saturated rings. The van der Waals surface area contributed by atoms with E-state index >= 15 is 0 Å². The highest BCUT2D eigenvalue weighted by Gasteiger charge is 2.00. The lowest BCUT2D eigenvalue weighted by atomic mass is 10.3. The molecule has 0 saturated carbocycles. The minimum Gasteiger partial charge on any atom is -0.380 e. The largest absolute Gasteiger partial charge is 0.380 e. The van der Waals surface area contributed by atoms with Crippen molar-refractivity contribution < 1.29 is 4.74 Å². The molecule has 0 aliphatic heterocycles. The van der Waals surface area contributed by atoms with E-state index in [1.54, 1.807) is 13.2 Å². The van der Waals surface area contributed by atoms with Gasteiger partial charge in [-0.3, -0.25) is 0 Å². The first kappa shape index (κ1) is 8.78. The Balaban J connectivity index is 2.93. The third-order valence-corrected chi connectivity index (χ3v) is 1.75. The molecule has 0 bridgehead atoms. The van der Waals surface area contributed by atoms with Crippen molar-refractivity contribution >= 4 is 23.2 Å². The fourth-order valence-corrected chi connectivity index (χ4v) is 1.06. The minimum atomic E-state index is 0.432. The van der Waals surface area contributed by atoms with E-state index in [1.807, 2.05) is 0 Å². The molecule has 0 radical (unpaired) electrons. The van der Waals surface area contributed by atoms with Crippen LogP contribution in [0.15, 0.2) is 12.3 Å². The van der Waals surface area contributed by atoms with Gasteiger partial charge in [0.15, 0.2) is 0 Å². The number of hydrogen-bond acceptors (Lipinski definition) is 2. The second-order valence-electron chi connectivity index (χ2n) is 2.03. The van der Waals surface area contributed by atoms with Gasteiger partial charge in [0.05, 0.1) is 11.6 Å². The molecular formula is C7H7Cl2NO. The predicted molar refractivity (Wildman–Crippen MR) is 45.0 cm³/mol. The molecule has 1 aromatic rings. The zero-order valence-corrected chi connectivity index (χ0v) is 7.49. The average Bonchev–Trinajstić information content (AvgIpc) is 1.98. The number of methoxy groups -OCH3 is 1. The van der Waals surface area contributed by atoms with Gasteiger partial charge >= 0.3 is 0 Å². The maximum Gasteiger partial charge on any atom is 0.129 e. The number of aromatic nitrogens is 1. The van der Waals surface area contributed by atoms with Gasteiger partial charge < -0.3 is 4.74 Å². The van der Waals surface area contributed by atoms with E-state index in [0.29, 0.717) is 16.8 Å². The molecule has 0 saturated heterocycles. The summed E-state index contributed by atoms with van der Waals surface area (Å²) in [6.07, 6.45) is 1.51. The maximum absolute atomic E-state index is 5.77. The smallest absolute Gasteiger partial charge is 0.129 e. The third kappa shape index (κ3) is 2.33. The first-order valence-electron chi connectivity index (χ1n) is 3.03. The second-order valence-corrected chi connectivity index (χ2v) is 2.83. The lowest BCUT2D eigenvalue weighted by molar-refractivity contribution is 0.185. The zero-order chi connectivity index (χ0) is 8.27. The third-order valence-electron chi connectivity index (χ3n) is 1.20. The van der Waals surface area contributed by atoms with Gasteiger partial charge in [0, 0.05) is 18.9 Å². The van der Waals surface area contributed by atoms with Gasteiger partial charge in [-0.2, -0.15) is 0 Å². The summed E-state index contributed by atoms with van der Waals surface area (Å²) in [7, 11) is 1.60. The van der Waals surface area contributed by atoms with Gasteiger partial charge in [0.2, 0.25) is 0 Å². The summed E-state index contributed by atoms with van der Waals surface area (Å²) >= 11 is 11.4. The molecule has 1 heterocycles. The fraction of sp³-hybridized carbons (Fsp3) is 0.286. The Hall–Kier alpha value is -0.310. The molecule has 0 aliphatic carbocycles. The van der Waals surface area contributed by atoms with Crippen LogP contribution >= 0.6 is 23.2 Å². The highest BCUT2D eigenvalue weighted by molar-refractivity contribution is 6.32. The Labute approximate surface area is 75.1 Å². The molecule has 1 aromatic heterocycles. The maximum atomic E-state index is 5.77. The van der Waals surface area contributed by atoms with Crippen molar-refractivity contribution in [2.75, 3.05) is 7.11 Å². The summed E-state index contributed by atoms with van der Waals surface area (Å²) in [6, 6.07) is 1.69. The monoisotopic (exact) mass is 191 g/mol. The van der Waals surface area contributed by atoms with E-state index in [4.69, 9.17) is 27.9 Å². The quantitative estimate of drug-likeness (QED) is 0.671. The number of rotatable bonds is 2. The predicted octanol–water partition coefficient (Wildman–Crippen LogP) is 2.53. The summed E-state index contributed by atoms with van der Waals surface area (Å²) in [5.41, 5.74) is 0.856. The number of hydrogen-bond donors (Lipinski definition) is 0. The van der Waals surface area contributed by atoms with Crippen LogP contribution in [0, 0.1) is 0 Å². The molecular weight excluding hydrogens is 185 g/mol. The standard InChI is InChI=1S/C7H7Cl2NO/c1-11-4-5-2-7(9)10-3-6(5)8/h2-3H,4H2,1H3. The SMILES string of the molecule is COCc1cc(Cl)ncc1Cl. The fourth-order valence-electron chi connectivity index (χ4n) is 0.717. The van der Waals surface area contributed by atoms with Crippen LogP contribution in [0.2, 0.25) is 10.2 Å².